The van der Waals surface area contributed by atoms with E-state index in [0.29, 0.717) is 16.7 Å². The Morgan fingerprint density at radius 3 is 2.59 bits per heavy atom. The first-order valence-electron chi connectivity index (χ1n) is 7.36. The lowest BCUT2D eigenvalue weighted by atomic mass is 10.2. The van der Waals surface area contributed by atoms with E-state index in [1.807, 2.05) is 51.3 Å². The maximum atomic E-state index is 12.3. The van der Waals surface area contributed by atoms with Gasteiger partial charge >= 0.3 is 0 Å². The smallest absolute Gasteiger partial charge is 0.262 e. The number of para-hydroxylation sites is 1. The summed E-state index contributed by atoms with van der Waals surface area (Å²) in [6.07, 6.45) is 1.72. The Bertz CT molecular complexity index is 810. The molecular weight excluding hydrogens is 314 g/mol. The predicted molar refractivity (Wildman–Crippen MR) is 99.4 cm³/mol. The molecule has 4 nitrogen and oxygen atoms in total. The van der Waals surface area contributed by atoms with Crippen molar-refractivity contribution >= 4 is 34.5 Å². The molecule has 0 amide bonds. The Morgan fingerprint density at radius 2 is 1.95 bits per heavy atom. The summed E-state index contributed by atoms with van der Waals surface area (Å²) in [5.74, 6) is 0. The molecule has 0 unspecified atom stereocenters. The van der Waals surface area contributed by atoms with Crippen LogP contribution in [0.25, 0.3) is 10.9 Å². The lowest BCUT2D eigenvalue weighted by Crippen LogP contribution is -2.22. The summed E-state index contributed by atoms with van der Waals surface area (Å²) in [5.41, 5.74) is 0.687. The number of H-pyrrole nitrogens is 1. The van der Waals surface area contributed by atoms with Gasteiger partial charge in [0.05, 0.1) is 17.4 Å². The van der Waals surface area contributed by atoms with Crippen LogP contribution in [-0.4, -0.2) is 14.5 Å². The number of hydrogen-bond acceptors (Lipinski definition) is 4. The third-order valence-electron chi connectivity index (χ3n) is 2.67. The number of thiazole rings is 1. The molecule has 0 atom stereocenters. The summed E-state index contributed by atoms with van der Waals surface area (Å²) in [4.78, 5) is 19.6. The van der Waals surface area contributed by atoms with Crippen LogP contribution in [0.5, 0.6) is 0 Å². The van der Waals surface area contributed by atoms with Crippen LogP contribution in [0, 0.1) is 4.77 Å². The minimum Gasteiger partial charge on any atom is -0.332 e. The van der Waals surface area contributed by atoms with Crippen LogP contribution in [-0.2, 0) is 6.54 Å². The first-order chi connectivity index (χ1) is 10.8. The predicted octanol–water partition coefficient (Wildman–Crippen LogP) is 4.86. The summed E-state index contributed by atoms with van der Waals surface area (Å²) in [6, 6.07) is 7.36. The zero-order chi connectivity index (χ0) is 16.5. The number of benzene rings is 1. The number of nitrogens with one attached hydrogen (secondary N) is 1. The number of rotatable bonds is 2. The molecule has 120 valence electrons. The summed E-state index contributed by atoms with van der Waals surface area (Å²) in [5, 5.41) is 3.39. The van der Waals surface area contributed by atoms with Crippen LogP contribution in [0.15, 0.2) is 40.6 Å². The molecule has 3 aromatic rings. The molecule has 2 aromatic heterocycles. The largest absolute Gasteiger partial charge is 0.332 e. The lowest BCUT2D eigenvalue weighted by molar-refractivity contribution is 0.730. The highest BCUT2D eigenvalue weighted by molar-refractivity contribution is 7.71. The highest BCUT2D eigenvalue weighted by Gasteiger charge is 2.06. The van der Waals surface area contributed by atoms with Gasteiger partial charge in [-0.15, -0.1) is 11.3 Å². The molecule has 0 aliphatic heterocycles. The van der Waals surface area contributed by atoms with E-state index < -0.39 is 0 Å². The second kappa shape index (κ2) is 9.27. The van der Waals surface area contributed by atoms with E-state index in [1.165, 1.54) is 15.9 Å². The molecule has 0 saturated carbocycles. The standard InChI is InChI=1S/C12H9N3OS2.2C2H6.H2/c16-11-8-3-1-2-4-9(8)14-12(17)15(11)7-10-13-5-6-18-10;2*1-2;/h1-6H,7H2,(H,14,17);2*1-2H3;1H. The molecule has 2 heterocycles. The van der Waals surface area contributed by atoms with Crippen molar-refractivity contribution in [2.75, 3.05) is 0 Å². The van der Waals surface area contributed by atoms with Crippen molar-refractivity contribution in [1.29, 1.82) is 0 Å². The van der Waals surface area contributed by atoms with Gasteiger partial charge in [-0.05, 0) is 24.4 Å². The number of hydrogen-bond donors (Lipinski definition) is 1. The zero-order valence-corrected chi connectivity index (χ0v) is 14.9. The number of nitrogens with zero attached hydrogens (tertiary/aromatic N) is 2. The molecular formula is C16H23N3OS2. The Labute approximate surface area is 141 Å². The quantitative estimate of drug-likeness (QED) is 0.679. The van der Waals surface area contributed by atoms with Crippen LogP contribution < -0.4 is 5.56 Å². The van der Waals surface area contributed by atoms with Gasteiger partial charge in [-0.25, -0.2) is 4.98 Å². The highest BCUT2D eigenvalue weighted by Crippen LogP contribution is 2.09. The van der Waals surface area contributed by atoms with E-state index in [4.69, 9.17) is 12.2 Å². The molecule has 0 radical (unpaired) electrons. The summed E-state index contributed by atoms with van der Waals surface area (Å²) >= 11 is 6.73. The summed E-state index contributed by atoms with van der Waals surface area (Å²) in [6.45, 7) is 8.41. The molecule has 0 fully saturated rings. The summed E-state index contributed by atoms with van der Waals surface area (Å²) < 4.78 is 1.96. The molecule has 0 saturated heterocycles. The van der Waals surface area contributed by atoms with E-state index in [0.717, 1.165) is 10.5 Å². The molecule has 0 aliphatic rings. The second-order valence-electron chi connectivity index (χ2n) is 3.79. The van der Waals surface area contributed by atoms with Gasteiger partial charge in [-0.2, -0.15) is 0 Å². The van der Waals surface area contributed by atoms with Crippen molar-refractivity contribution in [2.45, 2.75) is 34.2 Å². The Hall–Kier alpha value is -1.79. The first kappa shape index (κ1) is 18.3. The van der Waals surface area contributed by atoms with Crippen LogP contribution in [0.2, 0.25) is 0 Å². The van der Waals surface area contributed by atoms with Gasteiger partial charge in [0.25, 0.3) is 5.56 Å². The topological polar surface area (TPSA) is 50.7 Å². The fourth-order valence-electron chi connectivity index (χ4n) is 1.81. The molecule has 6 heteroatoms. The normalized spacial score (nSPS) is 9.45. The van der Waals surface area contributed by atoms with Crippen LogP contribution >= 0.6 is 23.6 Å². The van der Waals surface area contributed by atoms with E-state index in [9.17, 15) is 4.79 Å². The number of fused-ring (bicyclic) bond motifs is 1. The third kappa shape index (κ3) is 4.11. The molecule has 1 N–H and O–H groups in total. The first-order valence-corrected chi connectivity index (χ1v) is 8.65. The fraction of sp³-hybridized carbons (Fsp3) is 0.312. The van der Waals surface area contributed by atoms with Crippen molar-refractivity contribution in [1.82, 2.24) is 14.5 Å². The molecule has 1 aromatic carbocycles. The third-order valence-corrected chi connectivity index (χ3v) is 3.75. The maximum absolute atomic E-state index is 12.3. The zero-order valence-electron chi connectivity index (χ0n) is 13.3. The van der Waals surface area contributed by atoms with E-state index >= 15 is 0 Å². The van der Waals surface area contributed by atoms with Gasteiger partial charge in [0.1, 0.15) is 5.01 Å². The van der Waals surface area contributed by atoms with Gasteiger partial charge < -0.3 is 4.98 Å². The van der Waals surface area contributed by atoms with Gasteiger partial charge in [0.15, 0.2) is 4.77 Å². The van der Waals surface area contributed by atoms with Gasteiger partial charge in [0, 0.05) is 13.0 Å². The minimum absolute atomic E-state index is 0. The minimum atomic E-state index is -0.0791. The van der Waals surface area contributed by atoms with Gasteiger partial charge in [0.2, 0.25) is 0 Å². The van der Waals surface area contributed by atoms with Crippen LogP contribution in [0.1, 0.15) is 34.1 Å². The lowest BCUT2D eigenvalue weighted by Gasteiger charge is -2.05. The fourth-order valence-corrected chi connectivity index (χ4v) is 2.67. The Kier molecular flexibility index (Phi) is 7.70. The number of aromatic amines is 1. The average Bonchev–Trinajstić information content (AvgIpc) is 3.08. The van der Waals surface area contributed by atoms with Crippen molar-refractivity contribution < 1.29 is 1.43 Å². The Balaban J connectivity index is 0.000000901. The molecule has 0 bridgehead atoms. The molecule has 0 spiro atoms. The number of aromatic nitrogens is 3. The average molecular weight is 338 g/mol. The van der Waals surface area contributed by atoms with Gasteiger partial charge in [-0.1, -0.05) is 39.8 Å². The summed E-state index contributed by atoms with van der Waals surface area (Å²) in [7, 11) is 0. The van der Waals surface area contributed by atoms with Crippen molar-refractivity contribution in [3.05, 3.63) is 56.0 Å². The van der Waals surface area contributed by atoms with E-state index in [-0.39, 0.29) is 6.99 Å². The van der Waals surface area contributed by atoms with Crippen molar-refractivity contribution in [3.8, 4) is 0 Å². The maximum Gasteiger partial charge on any atom is 0.262 e. The molecule has 3 rings (SSSR count). The highest BCUT2D eigenvalue weighted by atomic mass is 32.1. The van der Waals surface area contributed by atoms with Crippen molar-refractivity contribution in [3.63, 3.8) is 0 Å². The van der Waals surface area contributed by atoms with Gasteiger partial charge in [-0.3, -0.25) is 9.36 Å². The monoisotopic (exact) mass is 337 g/mol. The van der Waals surface area contributed by atoms with E-state index in [1.54, 1.807) is 12.3 Å². The SMILES string of the molecule is CC.CC.O=c1c2ccccc2[nH]c(=S)n1Cc1nccs1.[HH]. The molecule has 22 heavy (non-hydrogen) atoms. The van der Waals surface area contributed by atoms with Crippen LogP contribution in [0.4, 0.5) is 0 Å². The van der Waals surface area contributed by atoms with E-state index in [2.05, 4.69) is 9.97 Å². The second-order valence-corrected chi connectivity index (χ2v) is 5.16. The van der Waals surface area contributed by atoms with Crippen LogP contribution in [0.3, 0.4) is 0 Å². The van der Waals surface area contributed by atoms with Crippen molar-refractivity contribution in [2.24, 2.45) is 0 Å². The molecule has 0 aliphatic carbocycles. The Morgan fingerprint density at radius 1 is 1.27 bits per heavy atom.